The lowest BCUT2D eigenvalue weighted by molar-refractivity contribution is 0.561. The highest BCUT2D eigenvalue weighted by Gasteiger charge is 2.05. The Hall–Kier alpha value is -2.29. The summed E-state index contributed by atoms with van der Waals surface area (Å²) in [6.07, 6.45) is 0. The lowest BCUT2D eigenvalue weighted by Gasteiger charge is -2.04. The first-order valence-corrected chi connectivity index (χ1v) is 5.91. The molecule has 0 fully saturated rings. The molecule has 0 amide bonds. The average Bonchev–Trinajstić information content (AvgIpc) is 2.77. The van der Waals surface area contributed by atoms with Crippen LogP contribution >= 0.6 is 0 Å². The van der Waals surface area contributed by atoms with Gasteiger partial charge in [0.15, 0.2) is 11.5 Å². The molecule has 18 heavy (non-hydrogen) atoms. The zero-order valence-electron chi connectivity index (χ0n) is 10.4. The molecule has 0 saturated heterocycles. The van der Waals surface area contributed by atoms with E-state index in [1.54, 1.807) is 0 Å². The normalized spacial score (nSPS) is 10.8. The molecule has 0 aliphatic heterocycles. The van der Waals surface area contributed by atoms with Crippen LogP contribution in [0, 0.1) is 6.92 Å². The number of anilines is 1. The maximum atomic E-state index is 5.56. The van der Waals surface area contributed by atoms with Crippen LogP contribution in [0.4, 0.5) is 5.69 Å². The quantitative estimate of drug-likeness (QED) is 0.737. The van der Waals surface area contributed by atoms with Crippen LogP contribution in [0.1, 0.15) is 5.89 Å². The highest BCUT2D eigenvalue weighted by Crippen LogP contribution is 2.26. The minimum Gasteiger partial charge on any atom is -0.441 e. The summed E-state index contributed by atoms with van der Waals surface area (Å²) < 4.78 is 5.56. The molecule has 90 valence electrons. The Morgan fingerprint density at radius 3 is 2.72 bits per heavy atom. The molecule has 0 atom stereocenters. The topological polar surface area (TPSA) is 38.1 Å². The molecule has 0 saturated carbocycles. The Morgan fingerprint density at radius 2 is 1.89 bits per heavy atom. The maximum absolute atomic E-state index is 5.56. The molecule has 3 nitrogen and oxygen atoms in total. The van der Waals surface area contributed by atoms with Crippen molar-refractivity contribution in [2.45, 2.75) is 6.92 Å². The number of fused-ring (bicyclic) bond motifs is 1. The monoisotopic (exact) mass is 238 g/mol. The lowest BCUT2D eigenvalue weighted by Crippen LogP contribution is -1.87. The van der Waals surface area contributed by atoms with Gasteiger partial charge in [0.05, 0.1) is 0 Å². The van der Waals surface area contributed by atoms with E-state index in [2.05, 4.69) is 28.5 Å². The third-order valence-electron chi connectivity index (χ3n) is 2.98. The van der Waals surface area contributed by atoms with Crippen molar-refractivity contribution in [3.05, 3.63) is 48.4 Å². The van der Waals surface area contributed by atoms with Crippen LogP contribution in [0.3, 0.4) is 0 Å². The van der Waals surface area contributed by atoms with Gasteiger partial charge in [0.2, 0.25) is 0 Å². The Kier molecular flexibility index (Phi) is 2.52. The predicted octanol–water partition coefficient (Wildman–Crippen LogP) is 3.84. The molecule has 1 N–H and O–H groups in total. The smallest absolute Gasteiger partial charge is 0.192 e. The molecule has 0 bridgehead atoms. The van der Waals surface area contributed by atoms with E-state index < -0.39 is 0 Å². The van der Waals surface area contributed by atoms with Gasteiger partial charge in [-0.2, -0.15) is 0 Å². The summed E-state index contributed by atoms with van der Waals surface area (Å²) in [5.41, 5.74) is 5.13. The van der Waals surface area contributed by atoms with E-state index in [0.29, 0.717) is 5.89 Å². The van der Waals surface area contributed by atoms with E-state index >= 15 is 0 Å². The molecule has 0 unspecified atom stereocenters. The van der Waals surface area contributed by atoms with Crippen LogP contribution in [0.15, 0.2) is 46.9 Å². The lowest BCUT2D eigenvalue weighted by atomic mass is 10.0. The highest BCUT2D eigenvalue weighted by molar-refractivity contribution is 5.81. The van der Waals surface area contributed by atoms with Crippen molar-refractivity contribution >= 4 is 16.8 Å². The number of aromatic nitrogens is 1. The molecule has 0 radical (unpaired) electrons. The molecule has 1 aromatic heterocycles. The molecule has 0 spiro atoms. The van der Waals surface area contributed by atoms with Crippen molar-refractivity contribution < 1.29 is 4.42 Å². The summed E-state index contributed by atoms with van der Waals surface area (Å²) in [7, 11) is 1.92. The maximum Gasteiger partial charge on any atom is 0.192 e. The minimum absolute atomic E-state index is 0.700. The van der Waals surface area contributed by atoms with E-state index in [9.17, 15) is 0 Å². The van der Waals surface area contributed by atoms with Crippen molar-refractivity contribution in [3.63, 3.8) is 0 Å². The van der Waals surface area contributed by atoms with Gasteiger partial charge in [0, 0.05) is 19.7 Å². The second kappa shape index (κ2) is 4.18. The fourth-order valence-electron chi connectivity index (χ4n) is 2.07. The SMILES string of the molecule is CNc1cccc(-c2ccc3nc(C)oc3c2)c1. The van der Waals surface area contributed by atoms with Gasteiger partial charge in [0.1, 0.15) is 5.52 Å². The molecule has 0 aliphatic rings. The number of hydrogen-bond acceptors (Lipinski definition) is 3. The number of aryl methyl sites for hydroxylation is 1. The van der Waals surface area contributed by atoms with Crippen LogP contribution in [-0.2, 0) is 0 Å². The van der Waals surface area contributed by atoms with E-state index in [-0.39, 0.29) is 0 Å². The predicted molar refractivity (Wildman–Crippen MR) is 73.7 cm³/mol. The zero-order chi connectivity index (χ0) is 12.5. The Bertz CT molecular complexity index is 701. The second-order valence-electron chi connectivity index (χ2n) is 4.25. The van der Waals surface area contributed by atoms with Gasteiger partial charge in [-0.15, -0.1) is 0 Å². The summed E-state index contributed by atoms with van der Waals surface area (Å²) >= 11 is 0. The summed E-state index contributed by atoms with van der Waals surface area (Å²) in [5, 5.41) is 3.14. The van der Waals surface area contributed by atoms with Crippen molar-refractivity contribution in [3.8, 4) is 11.1 Å². The largest absolute Gasteiger partial charge is 0.441 e. The molecular weight excluding hydrogens is 224 g/mol. The van der Waals surface area contributed by atoms with Gasteiger partial charge < -0.3 is 9.73 Å². The summed E-state index contributed by atoms with van der Waals surface area (Å²) in [5.74, 6) is 0.700. The van der Waals surface area contributed by atoms with Crippen molar-refractivity contribution in [2.75, 3.05) is 12.4 Å². The van der Waals surface area contributed by atoms with Crippen molar-refractivity contribution in [1.29, 1.82) is 0 Å². The van der Waals surface area contributed by atoms with E-state index in [1.165, 1.54) is 0 Å². The standard InChI is InChI=1S/C15H14N2O/c1-10-17-14-7-6-12(9-15(14)18-10)11-4-3-5-13(8-11)16-2/h3-9,16H,1-2H3. The fourth-order valence-corrected chi connectivity index (χ4v) is 2.07. The van der Waals surface area contributed by atoms with Crippen molar-refractivity contribution in [2.24, 2.45) is 0 Å². The number of oxazole rings is 1. The molecule has 3 heteroatoms. The number of nitrogens with zero attached hydrogens (tertiary/aromatic N) is 1. The minimum atomic E-state index is 0.700. The zero-order valence-corrected chi connectivity index (χ0v) is 10.4. The van der Waals surface area contributed by atoms with E-state index in [4.69, 9.17) is 4.42 Å². The summed E-state index contributed by atoms with van der Waals surface area (Å²) in [6.45, 7) is 1.86. The van der Waals surface area contributed by atoms with Crippen molar-refractivity contribution in [1.82, 2.24) is 4.98 Å². The highest BCUT2D eigenvalue weighted by atomic mass is 16.3. The van der Waals surface area contributed by atoms with Crippen LogP contribution in [0.2, 0.25) is 0 Å². The van der Waals surface area contributed by atoms with Gasteiger partial charge in [-0.1, -0.05) is 18.2 Å². The van der Waals surface area contributed by atoms with Crippen LogP contribution in [0.25, 0.3) is 22.2 Å². The van der Waals surface area contributed by atoms with Crippen LogP contribution in [0.5, 0.6) is 0 Å². The van der Waals surface area contributed by atoms with E-state index in [0.717, 1.165) is 27.9 Å². The number of hydrogen-bond donors (Lipinski definition) is 1. The Labute approximate surface area is 105 Å². The summed E-state index contributed by atoms with van der Waals surface area (Å²) in [6, 6.07) is 14.4. The molecule has 2 aromatic carbocycles. The Morgan fingerprint density at radius 1 is 1.06 bits per heavy atom. The number of benzene rings is 2. The van der Waals surface area contributed by atoms with Gasteiger partial charge in [-0.25, -0.2) is 4.98 Å². The molecule has 0 aliphatic carbocycles. The third kappa shape index (κ3) is 1.84. The average molecular weight is 238 g/mol. The van der Waals surface area contributed by atoms with E-state index in [1.807, 2.05) is 38.2 Å². The number of nitrogens with one attached hydrogen (secondary N) is 1. The molecule has 1 heterocycles. The summed E-state index contributed by atoms with van der Waals surface area (Å²) in [4.78, 5) is 4.30. The number of rotatable bonds is 2. The second-order valence-corrected chi connectivity index (χ2v) is 4.25. The van der Waals surface area contributed by atoms with Crippen LogP contribution in [-0.4, -0.2) is 12.0 Å². The van der Waals surface area contributed by atoms with Gasteiger partial charge in [-0.05, 0) is 35.4 Å². The first-order chi connectivity index (χ1) is 8.76. The molecule has 3 rings (SSSR count). The van der Waals surface area contributed by atoms with Crippen LogP contribution < -0.4 is 5.32 Å². The van der Waals surface area contributed by atoms with Gasteiger partial charge in [0.25, 0.3) is 0 Å². The molecule has 3 aromatic rings. The third-order valence-corrected chi connectivity index (χ3v) is 2.98. The van der Waals surface area contributed by atoms with Gasteiger partial charge >= 0.3 is 0 Å². The van der Waals surface area contributed by atoms with Gasteiger partial charge in [-0.3, -0.25) is 0 Å². The first-order valence-electron chi connectivity index (χ1n) is 5.91. The fraction of sp³-hybridized carbons (Fsp3) is 0.133. The molecular formula is C15H14N2O. The first kappa shape index (κ1) is 10.8. The Balaban J connectivity index is 2.12.